The van der Waals surface area contributed by atoms with Crippen LogP contribution in [0.25, 0.3) is 0 Å². The molecule has 1 saturated heterocycles. The van der Waals surface area contributed by atoms with Crippen molar-refractivity contribution in [1.29, 1.82) is 0 Å². The number of carbonyl (C=O) groups is 2. The summed E-state index contributed by atoms with van der Waals surface area (Å²) in [7, 11) is 0. The van der Waals surface area contributed by atoms with E-state index in [1.807, 2.05) is 29.0 Å². The van der Waals surface area contributed by atoms with Crippen LogP contribution >= 0.6 is 23.1 Å². The molecule has 0 radical (unpaired) electrons. The van der Waals surface area contributed by atoms with Crippen LogP contribution in [0.15, 0.2) is 35.8 Å². The smallest absolute Gasteiger partial charge is 0.313 e. The molecule has 3 rings (SSSR count). The molecular formula is C17H19N3O2S2. The fourth-order valence-corrected chi connectivity index (χ4v) is 4.53. The van der Waals surface area contributed by atoms with Crippen LogP contribution in [0.3, 0.4) is 0 Å². The van der Waals surface area contributed by atoms with Gasteiger partial charge in [0, 0.05) is 47.3 Å². The molecule has 5 nitrogen and oxygen atoms in total. The van der Waals surface area contributed by atoms with E-state index in [0.29, 0.717) is 24.2 Å². The molecule has 1 N–H and O–H groups in total. The number of amides is 2. The Labute approximate surface area is 149 Å². The Morgan fingerprint density at radius 1 is 1.42 bits per heavy atom. The van der Waals surface area contributed by atoms with Gasteiger partial charge in [0.25, 0.3) is 0 Å². The second-order valence-electron chi connectivity index (χ2n) is 5.44. The number of benzene rings is 1. The van der Waals surface area contributed by atoms with Gasteiger partial charge >= 0.3 is 6.03 Å². The van der Waals surface area contributed by atoms with Crippen molar-refractivity contribution >= 4 is 40.6 Å². The molecule has 0 bridgehead atoms. The summed E-state index contributed by atoms with van der Waals surface area (Å²) in [6.45, 7) is 2.52. The normalized spacial score (nSPS) is 17.5. The third-order valence-electron chi connectivity index (χ3n) is 3.88. The molecule has 0 aliphatic carbocycles. The average molecular weight is 361 g/mol. The number of thioether (sulfide) groups is 1. The number of carbonyl (C=O) groups excluding carboxylic acids is 2. The molecule has 1 atom stereocenters. The number of rotatable bonds is 4. The molecule has 126 valence electrons. The number of hydrogen-bond acceptors (Lipinski definition) is 5. The maximum atomic E-state index is 12.7. The first-order valence-corrected chi connectivity index (χ1v) is 9.90. The first-order valence-electron chi connectivity index (χ1n) is 7.87. The maximum Gasteiger partial charge on any atom is 0.322 e. The standard InChI is InChI=1S/C17H19N3O2S2/c1-2-15(21)12-4-3-5-13(10-12)19-17(22)20-7-9-23-11-14(20)16-18-6-8-24-16/h3-6,8,10,14H,2,7,9,11H2,1H3,(H,19,22). The number of anilines is 1. The Morgan fingerprint density at radius 2 is 2.29 bits per heavy atom. The van der Waals surface area contributed by atoms with Gasteiger partial charge in [-0.2, -0.15) is 11.8 Å². The number of urea groups is 1. The van der Waals surface area contributed by atoms with E-state index in [1.165, 1.54) is 0 Å². The van der Waals surface area contributed by atoms with E-state index in [4.69, 9.17) is 0 Å². The second-order valence-corrected chi connectivity index (χ2v) is 7.52. The van der Waals surface area contributed by atoms with Crippen LogP contribution in [-0.2, 0) is 0 Å². The maximum absolute atomic E-state index is 12.7. The monoisotopic (exact) mass is 361 g/mol. The third kappa shape index (κ3) is 3.79. The van der Waals surface area contributed by atoms with Crippen molar-refractivity contribution in [3.63, 3.8) is 0 Å². The summed E-state index contributed by atoms with van der Waals surface area (Å²) in [5, 5.41) is 5.83. The van der Waals surface area contributed by atoms with Crippen LogP contribution in [-0.4, -0.2) is 39.7 Å². The predicted octanol–water partition coefficient (Wildman–Crippen LogP) is 4.06. The highest BCUT2D eigenvalue weighted by Crippen LogP contribution is 2.31. The van der Waals surface area contributed by atoms with E-state index < -0.39 is 0 Å². The molecule has 1 fully saturated rings. The number of nitrogens with one attached hydrogen (secondary N) is 1. The summed E-state index contributed by atoms with van der Waals surface area (Å²) < 4.78 is 0. The van der Waals surface area contributed by atoms with Crippen molar-refractivity contribution in [3.8, 4) is 0 Å². The molecule has 24 heavy (non-hydrogen) atoms. The first-order chi connectivity index (χ1) is 11.7. The summed E-state index contributed by atoms with van der Waals surface area (Å²) >= 11 is 3.41. The van der Waals surface area contributed by atoms with E-state index in [-0.39, 0.29) is 17.9 Å². The van der Waals surface area contributed by atoms with Crippen LogP contribution in [0.1, 0.15) is 34.8 Å². The lowest BCUT2D eigenvalue weighted by atomic mass is 10.1. The van der Waals surface area contributed by atoms with Gasteiger partial charge in [0.2, 0.25) is 0 Å². The van der Waals surface area contributed by atoms with E-state index in [9.17, 15) is 9.59 Å². The van der Waals surface area contributed by atoms with Crippen molar-refractivity contribution in [2.24, 2.45) is 0 Å². The summed E-state index contributed by atoms with van der Waals surface area (Å²) in [6, 6.07) is 6.98. The van der Waals surface area contributed by atoms with Gasteiger partial charge in [0.1, 0.15) is 5.01 Å². The SMILES string of the molecule is CCC(=O)c1cccc(NC(=O)N2CCSCC2c2nccs2)c1. The minimum atomic E-state index is -0.142. The summed E-state index contributed by atoms with van der Waals surface area (Å²) in [6.07, 6.45) is 2.22. The number of ketones is 1. The topological polar surface area (TPSA) is 62.3 Å². The molecule has 2 heterocycles. The van der Waals surface area contributed by atoms with Crippen molar-refractivity contribution < 1.29 is 9.59 Å². The molecular weight excluding hydrogens is 342 g/mol. The van der Waals surface area contributed by atoms with Crippen LogP contribution in [0, 0.1) is 0 Å². The number of thiazole rings is 1. The summed E-state index contributed by atoms with van der Waals surface area (Å²) in [5.41, 5.74) is 1.27. The van der Waals surface area contributed by atoms with Gasteiger partial charge in [-0.15, -0.1) is 11.3 Å². The number of hydrogen-bond donors (Lipinski definition) is 1. The van der Waals surface area contributed by atoms with Crippen LogP contribution in [0.4, 0.5) is 10.5 Å². The highest BCUT2D eigenvalue weighted by molar-refractivity contribution is 7.99. The number of aromatic nitrogens is 1. The molecule has 1 aromatic carbocycles. The minimum Gasteiger partial charge on any atom is -0.313 e. The molecule has 0 spiro atoms. The Morgan fingerprint density at radius 3 is 3.04 bits per heavy atom. The van der Waals surface area contributed by atoms with Crippen molar-refractivity contribution in [2.75, 3.05) is 23.4 Å². The van der Waals surface area contributed by atoms with Gasteiger partial charge in [-0.05, 0) is 12.1 Å². The van der Waals surface area contributed by atoms with Crippen LogP contribution in [0.5, 0.6) is 0 Å². The molecule has 1 aromatic heterocycles. The molecule has 0 saturated carbocycles. The van der Waals surface area contributed by atoms with Crippen molar-refractivity contribution in [1.82, 2.24) is 9.88 Å². The van der Waals surface area contributed by atoms with E-state index >= 15 is 0 Å². The molecule has 2 amide bonds. The van der Waals surface area contributed by atoms with E-state index in [2.05, 4.69) is 10.3 Å². The molecule has 1 aliphatic heterocycles. The van der Waals surface area contributed by atoms with Gasteiger partial charge in [-0.1, -0.05) is 19.1 Å². The summed E-state index contributed by atoms with van der Waals surface area (Å²) in [5.74, 6) is 1.85. The zero-order chi connectivity index (χ0) is 16.9. The lowest BCUT2D eigenvalue weighted by Crippen LogP contribution is -2.43. The quantitative estimate of drug-likeness (QED) is 0.834. The predicted molar refractivity (Wildman–Crippen MR) is 99.0 cm³/mol. The highest BCUT2D eigenvalue weighted by Gasteiger charge is 2.30. The Hall–Kier alpha value is -1.86. The number of nitrogens with zero attached hydrogens (tertiary/aromatic N) is 2. The van der Waals surface area contributed by atoms with Gasteiger partial charge in [0.15, 0.2) is 5.78 Å². The zero-order valence-electron chi connectivity index (χ0n) is 13.4. The minimum absolute atomic E-state index is 0.00389. The molecule has 7 heteroatoms. The molecule has 1 aliphatic rings. The third-order valence-corrected chi connectivity index (χ3v) is 5.78. The molecule has 1 unspecified atom stereocenters. The van der Waals surface area contributed by atoms with Crippen LogP contribution < -0.4 is 5.32 Å². The van der Waals surface area contributed by atoms with Gasteiger partial charge in [-0.25, -0.2) is 9.78 Å². The largest absolute Gasteiger partial charge is 0.322 e. The van der Waals surface area contributed by atoms with E-state index in [0.717, 1.165) is 16.5 Å². The fraction of sp³-hybridized carbons (Fsp3) is 0.353. The zero-order valence-corrected chi connectivity index (χ0v) is 15.0. The van der Waals surface area contributed by atoms with Gasteiger partial charge in [0.05, 0.1) is 6.04 Å². The second kappa shape index (κ2) is 7.81. The van der Waals surface area contributed by atoms with Crippen molar-refractivity contribution in [2.45, 2.75) is 19.4 Å². The van der Waals surface area contributed by atoms with E-state index in [1.54, 1.807) is 41.8 Å². The Bertz CT molecular complexity index is 718. The van der Waals surface area contributed by atoms with Gasteiger partial charge < -0.3 is 10.2 Å². The Kier molecular flexibility index (Phi) is 5.52. The van der Waals surface area contributed by atoms with Crippen LogP contribution in [0.2, 0.25) is 0 Å². The summed E-state index contributed by atoms with van der Waals surface area (Å²) in [4.78, 5) is 30.8. The lowest BCUT2D eigenvalue weighted by molar-refractivity contribution is 0.0988. The highest BCUT2D eigenvalue weighted by atomic mass is 32.2. The fourth-order valence-electron chi connectivity index (χ4n) is 2.62. The number of Topliss-reactive ketones (excluding diaryl/α,β-unsaturated/α-hetero) is 1. The Balaban J connectivity index is 1.75. The first kappa shape index (κ1) is 17.0. The lowest BCUT2D eigenvalue weighted by Gasteiger charge is -2.34. The van der Waals surface area contributed by atoms with Gasteiger partial charge in [-0.3, -0.25) is 4.79 Å². The van der Waals surface area contributed by atoms with Crippen molar-refractivity contribution in [3.05, 3.63) is 46.4 Å². The average Bonchev–Trinajstić information content (AvgIpc) is 3.15. The molecule has 2 aromatic rings.